The summed E-state index contributed by atoms with van der Waals surface area (Å²) >= 11 is 3.30. The summed E-state index contributed by atoms with van der Waals surface area (Å²) < 4.78 is 25.9. The van der Waals surface area contributed by atoms with Gasteiger partial charge in [0.25, 0.3) is 0 Å². The van der Waals surface area contributed by atoms with Gasteiger partial charge in [-0.1, -0.05) is 28.1 Å². The lowest BCUT2D eigenvalue weighted by atomic mass is 10.1. The number of aryl methyl sites for hydroxylation is 1. The van der Waals surface area contributed by atoms with Gasteiger partial charge < -0.3 is 0 Å². The molecule has 1 aromatic carbocycles. The van der Waals surface area contributed by atoms with E-state index in [0.717, 1.165) is 17.0 Å². The largest absolute Gasteiger partial charge is 0.245 e. The van der Waals surface area contributed by atoms with Crippen molar-refractivity contribution >= 4 is 15.9 Å². The minimum Gasteiger partial charge on any atom is -0.207 e. The summed E-state index contributed by atoms with van der Waals surface area (Å²) in [5.74, 6) is -2.57. The van der Waals surface area contributed by atoms with Gasteiger partial charge >= 0.3 is 0 Å². The molecule has 0 aliphatic carbocycles. The zero-order valence-electron chi connectivity index (χ0n) is 7.36. The fourth-order valence-corrected chi connectivity index (χ4v) is 1.50. The van der Waals surface area contributed by atoms with E-state index in [1.165, 1.54) is 0 Å². The van der Waals surface area contributed by atoms with Crippen molar-refractivity contribution in [1.29, 1.82) is 0 Å². The summed E-state index contributed by atoms with van der Waals surface area (Å²) in [6.45, 7) is 0.949. The van der Waals surface area contributed by atoms with Crippen LogP contribution in [0.2, 0.25) is 0 Å². The Morgan fingerprint density at radius 3 is 2.62 bits per heavy atom. The van der Waals surface area contributed by atoms with Gasteiger partial charge in [0.1, 0.15) is 0 Å². The molecule has 0 saturated heterocycles. The molecule has 1 rings (SSSR count). The Hall–Kier alpha value is -0.440. The Bertz CT molecular complexity index is 278. The molecule has 13 heavy (non-hydrogen) atoms. The predicted octanol–water partition coefficient (Wildman–Crippen LogP) is 4.04. The van der Waals surface area contributed by atoms with Crippen molar-refractivity contribution in [3.05, 3.63) is 34.3 Å². The maximum atomic E-state index is 12.5. The molecule has 0 bridgehead atoms. The first kappa shape index (κ1) is 10.6. The molecule has 3 heteroatoms. The third-order valence-electron chi connectivity index (χ3n) is 1.74. The lowest BCUT2D eigenvalue weighted by molar-refractivity contribution is 0.0133. The van der Waals surface area contributed by atoms with Crippen molar-refractivity contribution in [2.75, 3.05) is 0 Å². The average molecular weight is 249 g/mol. The second kappa shape index (κ2) is 4.18. The molecule has 0 aliphatic heterocycles. The van der Waals surface area contributed by atoms with E-state index in [4.69, 9.17) is 0 Å². The van der Waals surface area contributed by atoms with Gasteiger partial charge in [0.2, 0.25) is 5.92 Å². The molecule has 0 aromatic heterocycles. The predicted molar refractivity (Wildman–Crippen MR) is 53.1 cm³/mol. The minimum absolute atomic E-state index is 0.0938. The van der Waals surface area contributed by atoms with Crippen molar-refractivity contribution in [2.24, 2.45) is 0 Å². The van der Waals surface area contributed by atoms with Crippen LogP contribution in [0.3, 0.4) is 0 Å². The van der Waals surface area contributed by atoms with E-state index in [0.29, 0.717) is 6.42 Å². The van der Waals surface area contributed by atoms with Crippen LogP contribution in [0.4, 0.5) is 8.78 Å². The van der Waals surface area contributed by atoms with Crippen LogP contribution in [0.25, 0.3) is 0 Å². The van der Waals surface area contributed by atoms with E-state index >= 15 is 0 Å². The van der Waals surface area contributed by atoms with Gasteiger partial charge in [-0.25, -0.2) is 8.78 Å². The van der Waals surface area contributed by atoms with Crippen LogP contribution in [0.1, 0.15) is 18.9 Å². The number of benzene rings is 1. The van der Waals surface area contributed by atoms with E-state index < -0.39 is 5.92 Å². The molecule has 0 heterocycles. The van der Waals surface area contributed by atoms with Crippen LogP contribution in [0.5, 0.6) is 0 Å². The molecule has 72 valence electrons. The Kier molecular flexibility index (Phi) is 3.42. The Balaban J connectivity index is 2.55. The number of halogens is 3. The summed E-state index contributed by atoms with van der Waals surface area (Å²) in [6.07, 6.45) is 0.326. The van der Waals surface area contributed by atoms with E-state index in [9.17, 15) is 8.78 Å². The molecule has 0 radical (unpaired) electrons. The quantitative estimate of drug-likeness (QED) is 0.758. The van der Waals surface area contributed by atoms with Gasteiger partial charge in [0.15, 0.2) is 0 Å². The molecule has 0 aliphatic rings. The lowest BCUT2D eigenvalue weighted by Crippen LogP contribution is -2.10. The van der Waals surface area contributed by atoms with E-state index in [1.807, 2.05) is 24.3 Å². The SMILES string of the molecule is CC(F)(F)CCc1cccc(Br)c1. The molecule has 0 nitrogen and oxygen atoms in total. The zero-order chi connectivity index (χ0) is 9.90. The average Bonchev–Trinajstić information content (AvgIpc) is 2.00. The first-order chi connectivity index (χ1) is 5.97. The van der Waals surface area contributed by atoms with Gasteiger partial charge in [-0.05, 0) is 31.0 Å². The monoisotopic (exact) mass is 248 g/mol. The van der Waals surface area contributed by atoms with E-state index in [-0.39, 0.29) is 6.42 Å². The second-order valence-electron chi connectivity index (χ2n) is 3.20. The summed E-state index contributed by atoms with van der Waals surface area (Å²) in [5, 5.41) is 0. The van der Waals surface area contributed by atoms with Crippen molar-refractivity contribution in [3.63, 3.8) is 0 Å². The van der Waals surface area contributed by atoms with Gasteiger partial charge in [-0.15, -0.1) is 0 Å². The molecule has 0 spiro atoms. The smallest absolute Gasteiger partial charge is 0.207 e. The highest BCUT2D eigenvalue weighted by molar-refractivity contribution is 9.10. The van der Waals surface area contributed by atoms with Crippen LogP contribution < -0.4 is 0 Å². The number of hydrogen-bond acceptors (Lipinski definition) is 0. The fourth-order valence-electron chi connectivity index (χ4n) is 1.06. The topological polar surface area (TPSA) is 0 Å². The molecular weight excluding hydrogens is 238 g/mol. The van der Waals surface area contributed by atoms with Crippen molar-refractivity contribution in [3.8, 4) is 0 Å². The highest BCUT2D eigenvalue weighted by Gasteiger charge is 2.20. The number of rotatable bonds is 3. The standard InChI is InChI=1S/C10H11BrF2/c1-10(12,13)6-5-8-3-2-4-9(11)7-8/h2-4,7H,5-6H2,1H3. The Morgan fingerprint density at radius 2 is 2.08 bits per heavy atom. The van der Waals surface area contributed by atoms with Gasteiger partial charge in [0.05, 0.1) is 0 Å². The highest BCUT2D eigenvalue weighted by atomic mass is 79.9. The van der Waals surface area contributed by atoms with Crippen LogP contribution in [-0.4, -0.2) is 5.92 Å². The molecule has 0 saturated carbocycles. The first-order valence-corrected chi connectivity index (χ1v) is 4.89. The van der Waals surface area contributed by atoms with Gasteiger partial charge in [-0.3, -0.25) is 0 Å². The van der Waals surface area contributed by atoms with Crippen LogP contribution in [0, 0.1) is 0 Å². The third kappa shape index (κ3) is 4.36. The van der Waals surface area contributed by atoms with E-state index in [2.05, 4.69) is 15.9 Å². The van der Waals surface area contributed by atoms with Crippen molar-refractivity contribution < 1.29 is 8.78 Å². The second-order valence-corrected chi connectivity index (χ2v) is 4.12. The third-order valence-corrected chi connectivity index (χ3v) is 2.23. The summed E-state index contributed by atoms with van der Waals surface area (Å²) in [5.41, 5.74) is 0.941. The molecule has 0 unspecified atom stereocenters. The number of hydrogen-bond donors (Lipinski definition) is 0. The minimum atomic E-state index is -2.57. The maximum Gasteiger partial charge on any atom is 0.245 e. The molecule has 0 amide bonds. The van der Waals surface area contributed by atoms with E-state index in [1.54, 1.807) is 0 Å². The molecule has 1 aromatic rings. The Labute approximate surface area is 85.1 Å². The van der Waals surface area contributed by atoms with Crippen LogP contribution in [0.15, 0.2) is 28.7 Å². The molecular formula is C10H11BrF2. The maximum absolute atomic E-state index is 12.5. The zero-order valence-corrected chi connectivity index (χ0v) is 8.94. The molecule has 0 fully saturated rings. The van der Waals surface area contributed by atoms with Crippen LogP contribution >= 0.6 is 15.9 Å². The summed E-state index contributed by atoms with van der Waals surface area (Å²) in [6, 6.07) is 7.46. The normalized spacial score (nSPS) is 11.7. The highest BCUT2D eigenvalue weighted by Crippen LogP contribution is 2.21. The van der Waals surface area contributed by atoms with Crippen molar-refractivity contribution in [1.82, 2.24) is 0 Å². The Morgan fingerprint density at radius 1 is 1.38 bits per heavy atom. The lowest BCUT2D eigenvalue weighted by Gasteiger charge is -2.09. The fraction of sp³-hybridized carbons (Fsp3) is 0.400. The molecule has 0 atom stereocenters. The van der Waals surface area contributed by atoms with Gasteiger partial charge in [0, 0.05) is 10.9 Å². The van der Waals surface area contributed by atoms with Gasteiger partial charge in [-0.2, -0.15) is 0 Å². The summed E-state index contributed by atoms with van der Waals surface area (Å²) in [4.78, 5) is 0. The number of alkyl halides is 2. The first-order valence-electron chi connectivity index (χ1n) is 4.10. The summed E-state index contributed by atoms with van der Waals surface area (Å²) in [7, 11) is 0. The van der Waals surface area contributed by atoms with Crippen LogP contribution in [-0.2, 0) is 6.42 Å². The molecule has 0 N–H and O–H groups in total. The van der Waals surface area contributed by atoms with Crippen molar-refractivity contribution in [2.45, 2.75) is 25.7 Å².